The molecule has 1 heterocycles. The van der Waals surface area contributed by atoms with Crippen LogP contribution in [0, 0.1) is 17.1 Å². The van der Waals surface area contributed by atoms with Crippen LogP contribution in [0.4, 0.5) is 4.39 Å². The van der Waals surface area contributed by atoms with E-state index < -0.39 is 0 Å². The predicted octanol–water partition coefficient (Wildman–Crippen LogP) is 5.58. The number of halogens is 1. The first-order chi connectivity index (χ1) is 12.0. The molecule has 0 radical (unpaired) electrons. The number of benzene rings is 1. The van der Waals surface area contributed by atoms with Crippen LogP contribution in [0.3, 0.4) is 0 Å². The van der Waals surface area contributed by atoms with E-state index in [1.807, 2.05) is 49.8 Å². The van der Waals surface area contributed by atoms with E-state index in [0.717, 1.165) is 28.8 Å². The minimum atomic E-state index is -0.376. The van der Waals surface area contributed by atoms with Gasteiger partial charge in [0.1, 0.15) is 5.82 Å². The maximum absolute atomic E-state index is 14.6. The van der Waals surface area contributed by atoms with Crippen molar-refractivity contribution in [2.24, 2.45) is 0 Å². The molecule has 0 amide bonds. The molecule has 2 rings (SSSR count). The third-order valence-electron chi connectivity index (χ3n) is 4.18. The van der Waals surface area contributed by atoms with Gasteiger partial charge in [0, 0.05) is 23.7 Å². The smallest absolute Gasteiger partial charge is 0.132 e. The van der Waals surface area contributed by atoms with Crippen LogP contribution >= 0.6 is 0 Å². The van der Waals surface area contributed by atoms with Crippen molar-refractivity contribution >= 4 is 11.3 Å². The number of aromatic nitrogens is 2. The van der Waals surface area contributed by atoms with Gasteiger partial charge >= 0.3 is 0 Å². The molecule has 0 unspecified atom stereocenters. The SMILES string of the molecule is C/C=C(\C=C(\C)C(=C(C)CC)c1ccc(C#N)cc1F)n1ccnc1. The van der Waals surface area contributed by atoms with E-state index in [9.17, 15) is 4.39 Å². The fraction of sp³-hybridized carbons (Fsp3) is 0.238. The van der Waals surface area contributed by atoms with Crippen molar-refractivity contribution < 1.29 is 4.39 Å². The second-order valence-corrected chi connectivity index (χ2v) is 5.83. The zero-order valence-corrected chi connectivity index (χ0v) is 15.0. The van der Waals surface area contributed by atoms with Gasteiger partial charge in [-0.05, 0) is 56.5 Å². The van der Waals surface area contributed by atoms with Crippen LogP contribution in [0.1, 0.15) is 45.2 Å². The number of nitrogens with zero attached hydrogens (tertiary/aromatic N) is 3. The van der Waals surface area contributed by atoms with Crippen molar-refractivity contribution in [2.75, 3.05) is 0 Å². The Morgan fingerprint density at radius 3 is 2.64 bits per heavy atom. The molecular formula is C21H22FN3. The van der Waals surface area contributed by atoms with Crippen LogP contribution in [-0.4, -0.2) is 9.55 Å². The summed E-state index contributed by atoms with van der Waals surface area (Å²) in [5.41, 5.74) is 4.75. The Hall–Kier alpha value is -2.93. The van der Waals surface area contributed by atoms with Crippen molar-refractivity contribution in [2.45, 2.75) is 34.1 Å². The Labute approximate surface area is 148 Å². The van der Waals surface area contributed by atoms with E-state index in [1.54, 1.807) is 24.7 Å². The lowest BCUT2D eigenvalue weighted by Gasteiger charge is -2.15. The molecule has 0 aliphatic rings. The second-order valence-electron chi connectivity index (χ2n) is 5.83. The highest BCUT2D eigenvalue weighted by Gasteiger charge is 2.14. The molecule has 0 fully saturated rings. The van der Waals surface area contributed by atoms with Crippen molar-refractivity contribution in [1.82, 2.24) is 9.55 Å². The van der Waals surface area contributed by atoms with Gasteiger partial charge in [-0.3, -0.25) is 0 Å². The highest BCUT2D eigenvalue weighted by Crippen LogP contribution is 2.31. The first kappa shape index (κ1) is 18.4. The van der Waals surface area contributed by atoms with Gasteiger partial charge in [-0.2, -0.15) is 5.26 Å². The Balaban J connectivity index is 2.56. The summed E-state index contributed by atoms with van der Waals surface area (Å²) >= 11 is 0. The minimum absolute atomic E-state index is 0.323. The maximum Gasteiger partial charge on any atom is 0.132 e. The van der Waals surface area contributed by atoms with Crippen molar-refractivity contribution in [3.05, 3.63) is 77.2 Å². The molecule has 0 saturated heterocycles. The first-order valence-electron chi connectivity index (χ1n) is 8.24. The average Bonchev–Trinajstić information content (AvgIpc) is 3.15. The van der Waals surface area contributed by atoms with Crippen molar-refractivity contribution in [1.29, 1.82) is 5.26 Å². The van der Waals surface area contributed by atoms with Crippen molar-refractivity contribution in [3.63, 3.8) is 0 Å². The Bertz CT molecular complexity index is 878. The zero-order valence-electron chi connectivity index (χ0n) is 15.0. The van der Waals surface area contributed by atoms with Crippen LogP contribution in [-0.2, 0) is 0 Å². The van der Waals surface area contributed by atoms with Gasteiger partial charge in [0.05, 0.1) is 18.0 Å². The number of nitriles is 1. The summed E-state index contributed by atoms with van der Waals surface area (Å²) in [5, 5.41) is 8.96. The minimum Gasteiger partial charge on any atom is -0.307 e. The van der Waals surface area contributed by atoms with Gasteiger partial charge in [0.25, 0.3) is 0 Å². The molecule has 0 spiro atoms. The standard InChI is InChI=1S/C21H22FN3/c1-5-15(3)21(19-8-7-17(13-23)12-20(19)22)16(4)11-18(6-2)25-10-9-24-14-25/h6-12,14H,5H2,1-4H3/b16-11-,18-6+,21-15?. The van der Waals surface area contributed by atoms with E-state index in [4.69, 9.17) is 5.26 Å². The van der Waals surface area contributed by atoms with Crippen LogP contribution in [0.25, 0.3) is 11.3 Å². The van der Waals surface area contributed by atoms with Crippen LogP contribution in [0.5, 0.6) is 0 Å². The van der Waals surface area contributed by atoms with Gasteiger partial charge < -0.3 is 4.57 Å². The van der Waals surface area contributed by atoms with Crippen molar-refractivity contribution in [3.8, 4) is 6.07 Å². The molecule has 4 heteroatoms. The number of rotatable bonds is 5. The molecule has 0 atom stereocenters. The monoisotopic (exact) mass is 335 g/mol. The van der Waals surface area contributed by atoms with Crippen LogP contribution in [0.2, 0.25) is 0 Å². The largest absolute Gasteiger partial charge is 0.307 e. The highest BCUT2D eigenvalue weighted by atomic mass is 19.1. The fourth-order valence-corrected chi connectivity index (χ4v) is 2.76. The molecule has 1 aromatic carbocycles. The van der Waals surface area contributed by atoms with E-state index in [-0.39, 0.29) is 5.82 Å². The Morgan fingerprint density at radius 1 is 1.36 bits per heavy atom. The van der Waals surface area contributed by atoms with Gasteiger partial charge in [0.2, 0.25) is 0 Å². The number of imidazole rings is 1. The molecule has 0 saturated carbocycles. The van der Waals surface area contributed by atoms with E-state index in [0.29, 0.717) is 11.1 Å². The van der Waals surface area contributed by atoms with E-state index in [2.05, 4.69) is 11.9 Å². The Kier molecular flexibility index (Phi) is 6.08. The summed E-state index contributed by atoms with van der Waals surface area (Å²) in [6, 6.07) is 6.61. The first-order valence-corrected chi connectivity index (χ1v) is 8.24. The summed E-state index contributed by atoms with van der Waals surface area (Å²) in [6.07, 6.45) is 10.2. The molecule has 128 valence electrons. The molecule has 0 aliphatic carbocycles. The molecule has 25 heavy (non-hydrogen) atoms. The van der Waals surface area contributed by atoms with E-state index >= 15 is 0 Å². The quantitative estimate of drug-likeness (QED) is 0.669. The molecule has 0 N–H and O–H groups in total. The lowest BCUT2D eigenvalue weighted by Crippen LogP contribution is -1.98. The van der Waals surface area contributed by atoms with E-state index in [1.165, 1.54) is 6.07 Å². The number of allylic oxidation sites excluding steroid dienone is 6. The lowest BCUT2D eigenvalue weighted by atomic mass is 9.91. The van der Waals surface area contributed by atoms with Gasteiger partial charge in [0.15, 0.2) is 0 Å². The molecule has 0 bridgehead atoms. The van der Waals surface area contributed by atoms with Gasteiger partial charge in [-0.25, -0.2) is 9.37 Å². The summed E-state index contributed by atoms with van der Waals surface area (Å²) < 4.78 is 16.5. The lowest BCUT2D eigenvalue weighted by molar-refractivity contribution is 0.623. The normalized spacial score (nSPS) is 13.4. The van der Waals surface area contributed by atoms with Gasteiger partial charge in [-0.15, -0.1) is 0 Å². The third kappa shape index (κ3) is 4.13. The predicted molar refractivity (Wildman–Crippen MR) is 99.9 cm³/mol. The summed E-state index contributed by atoms with van der Waals surface area (Å²) in [5.74, 6) is -0.376. The molecule has 1 aromatic heterocycles. The summed E-state index contributed by atoms with van der Waals surface area (Å²) in [7, 11) is 0. The fourth-order valence-electron chi connectivity index (χ4n) is 2.76. The molecule has 0 aliphatic heterocycles. The molecule has 2 aromatic rings. The van der Waals surface area contributed by atoms with Crippen LogP contribution < -0.4 is 0 Å². The molecule has 3 nitrogen and oxygen atoms in total. The number of hydrogen-bond acceptors (Lipinski definition) is 2. The zero-order chi connectivity index (χ0) is 18.4. The second kappa shape index (κ2) is 8.25. The van der Waals surface area contributed by atoms with Crippen LogP contribution in [0.15, 0.2) is 60.2 Å². The van der Waals surface area contributed by atoms with Gasteiger partial charge in [-0.1, -0.05) is 24.6 Å². The Morgan fingerprint density at radius 2 is 2.12 bits per heavy atom. The number of hydrogen-bond donors (Lipinski definition) is 0. The summed E-state index contributed by atoms with van der Waals surface area (Å²) in [4.78, 5) is 4.08. The average molecular weight is 335 g/mol. The molecular weight excluding hydrogens is 313 g/mol. The summed E-state index contributed by atoms with van der Waals surface area (Å²) in [6.45, 7) is 8.00. The third-order valence-corrected chi connectivity index (χ3v) is 4.18. The topological polar surface area (TPSA) is 41.6 Å². The maximum atomic E-state index is 14.6. The highest BCUT2D eigenvalue weighted by molar-refractivity contribution is 5.83.